The lowest BCUT2D eigenvalue weighted by molar-refractivity contribution is -0.384. The SMILES string of the molecule is O=C(CCSc1ccccc1)N/N=C\c1cc([N+](=O)[O-])ccc1N1CCCCC1. The zero-order valence-electron chi connectivity index (χ0n) is 16.1. The maximum atomic E-state index is 12.0. The number of non-ortho nitro benzene ring substituents is 1. The maximum absolute atomic E-state index is 12.0. The number of hydrazone groups is 1. The Hall–Kier alpha value is -2.87. The van der Waals surface area contributed by atoms with E-state index in [1.165, 1.54) is 24.8 Å². The third-order valence-corrected chi connectivity index (χ3v) is 5.67. The van der Waals surface area contributed by atoms with Crippen LogP contribution in [-0.4, -0.2) is 35.9 Å². The third kappa shape index (κ3) is 6.32. The number of hydrogen-bond donors (Lipinski definition) is 1. The fourth-order valence-electron chi connectivity index (χ4n) is 3.19. The maximum Gasteiger partial charge on any atom is 0.270 e. The van der Waals surface area contributed by atoms with E-state index in [-0.39, 0.29) is 11.6 Å². The average molecular weight is 413 g/mol. The Morgan fingerprint density at radius 3 is 2.66 bits per heavy atom. The quantitative estimate of drug-likeness (QED) is 0.304. The van der Waals surface area contributed by atoms with Gasteiger partial charge in [0.15, 0.2) is 0 Å². The number of amides is 1. The van der Waals surface area contributed by atoms with Crippen molar-refractivity contribution in [3.05, 3.63) is 64.2 Å². The second-order valence-electron chi connectivity index (χ2n) is 6.75. The minimum absolute atomic E-state index is 0.0118. The number of nitrogens with zero attached hydrogens (tertiary/aromatic N) is 3. The number of nitrogens with one attached hydrogen (secondary N) is 1. The topological polar surface area (TPSA) is 87.8 Å². The number of benzene rings is 2. The minimum atomic E-state index is -0.420. The van der Waals surface area contributed by atoms with E-state index >= 15 is 0 Å². The highest BCUT2D eigenvalue weighted by molar-refractivity contribution is 7.99. The number of anilines is 1. The van der Waals surface area contributed by atoms with Gasteiger partial charge in [-0.1, -0.05) is 18.2 Å². The number of piperidine rings is 1. The van der Waals surface area contributed by atoms with Crippen LogP contribution in [0.4, 0.5) is 11.4 Å². The monoisotopic (exact) mass is 412 g/mol. The van der Waals surface area contributed by atoms with Crippen LogP contribution in [0.5, 0.6) is 0 Å². The number of hydrogen-bond acceptors (Lipinski definition) is 6. The van der Waals surface area contributed by atoms with Gasteiger partial charge in [-0.15, -0.1) is 11.8 Å². The average Bonchev–Trinajstić information content (AvgIpc) is 2.75. The molecule has 1 N–H and O–H groups in total. The van der Waals surface area contributed by atoms with Crippen molar-refractivity contribution in [2.75, 3.05) is 23.7 Å². The van der Waals surface area contributed by atoms with Gasteiger partial charge in [0.25, 0.3) is 5.69 Å². The highest BCUT2D eigenvalue weighted by Crippen LogP contribution is 2.27. The molecular weight excluding hydrogens is 388 g/mol. The fraction of sp³-hybridized carbons (Fsp3) is 0.333. The van der Waals surface area contributed by atoms with E-state index in [1.54, 1.807) is 17.8 Å². The summed E-state index contributed by atoms with van der Waals surface area (Å²) in [4.78, 5) is 26.1. The smallest absolute Gasteiger partial charge is 0.270 e. The van der Waals surface area contributed by atoms with Crippen LogP contribution in [0.1, 0.15) is 31.2 Å². The van der Waals surface area contributed by atoms with Gasteiger partial charge < -0.3 is 4.90 Å². The molecule has 0 saturated carbocycles. The van der Waals surface area contributed by atoms with Crippen LogP contribution in [0.3, 0.4) is 0 Å². The number of carbonyl (C=O) groups excluding carboxylic acids is 1. The summed E-state index contributed by atoms with van der Waals surface area (Å²) in [5, 5.41) is 15.2. The van der Waals surface area contributed by atoms with Gasteiger partial charge in [-0.3, -0.25) is 14.9 Å². The van der Waals surface area contributed by atoms with Gasteiger partial charge >= 0.3 is 0 Å². The summed E-state index contributed by atoms with van der Waals surface area (Å²) in [7, 11) is 0. The summed E-state index contributed by atoms with van der Waals surface area (Å²) in [5.74, 6) is 0.468. The van der Waals surface area contributed by atoms with Gasteiger partial charge in [0.1, 0.15) is 0 Å². The molecule has 2 aromatic carbocycles. The fourth-order valence-corrected chi connectivity index (χ4v) is 4.06. The molecule has 1 aliphatic rings. The van der Waals surface area contributed by atoms with Crippen LogP contribution in [0.15, 0.2) is 58.5 Å². The molecule has 1 fully saturated rings. The highest BCUT2D eigenvalue weighted by Gasteiger charge is 2.17. The van der Waals surface area contributed by atoms with Crippen LogP contribution >= 0.6 is 11.8 Å². The first-order valence-corrected chi connectivity index (χ1v) is 10.7. The van der Waals surface area contributed by atoms with E-state index in [1.807, 2.05) is 30.3 Å². The van der Waals surface area contributed by atoms with E-state index in [0.29, 0.717) is 17.7 Å². The van der Waals surface area contributed by atoms with E-state index in [2.05, 4.69) is 15.4 Å². The Labute approximate surface area is 174 Å². The van der Waals surface area contributed by atoms with Crippen molar-refractivity contribution in [2.24, 2.45) is 5.10 Å². The molecule has 0 atom stereocenters. The second kappa shape index (κ2) is 10.6. The van der Waals surface area contributed by atoms with E-state index in [9.17, 15) is 14.9 Å². The molecule has 8 heteroatoms. The molecule has 152 valence electrons. The van der Waals surface area contributed by atoms with E-state index in [4.69, 9.17) is 0 Å². The number of nitro groups is 1. The lowest BCUT2D eigenvalue weighted by Crippen LogP contribution is -2.30. The van der Waals surface area contributed by atoms with Crippen LogP contribution in [0.2, 0.25) is 0 Å². The first-order chi connectivity index (χ1) is 14.1. The van der Waals surface area contributed by atoms with Gasteiger partial charge in [0, 0.05) is 53.5 Å². The molecule has 2 aromatic rings. The lowest BCUT2D eigenvalue weighted by atomic mass is 10.1. The molecule has 0 aliphatic carbocycles. The second-order valence-corrected chi connectivity index (χ2v) is 7.92. The standard InChI is InChI=1S/C21H24N4O3S/c26-21(11-14-29-19-7-3-1-4-8-19)23-22-16-17-15-18(25(27)28)9-10-20(17)24-12-5-2-6-13-24/h1,3-4,7-10,15-16H,2,5-6,11-14H2,(H,23,26)/b22-16-. The van der Waals surface area contributed by atoms with Crippen molar-refractivity contribution < 1.29 is 9.72 Å². The molecular formula is C21H24N4O3S. The molecule has 1 amide bonds. The molecule has 1 aliphatic heterocycles. The molecule has 1 heterocycles. The van der Waals surface area contributed by atoms with Crippen LogP contribution in [0.25, 0.3) is 0 Å². The normalized spacial score (nSPS) is 14.1. The Bertz CT molecular complexity index is 867. The summed E-state index contributed by atoms with van der Waals surface area (Å²) in [6.45, 7) is 1.84. The summed E-state index contributed by atoms with van der Waals surface area (Å²) in [5.41, 5.74) is 4.09. The van der Waals surface area contributed by atoms with Gasteiger partial charge in [0.05, 0.1) is 11.1 Å². The number of nitro benzene ring substituents is 1. The largest absolute Gasteiger partial charge is 0.371 e. The van der Waals surface area contributed by atoms with E-state index in [0.717, 1.165) is 36.5 Å². The van der Waals surface area contributed by atoms with Crippen molar-refractivity contribution in [3.63, 3.8) is 0 Å². The number of thioether (sulfide) groups is 1. The summed E-state index contributed by atoms with van der Waals surface area (Å²) in [6.07, 6.45) is 5.24. The van der Waals surface area contributed by atoms with Gasteiger partial charge in [-0.05, 0) is 37.5 Å². The number of carbonyl (C=O) groups is 1. The predicted octanol–water partition coefficient (Wildman–Crippen LogP) is 4.22. The first kappa shape index (κ1) is 20.9. The highest BCUT2D eigenvalue weighted by atomic mass is 32.2. The Morgan fingerprint density at radius 2 is 1.93 bits per heavy atom. The van der Waals surface area contributed by atoms with Crippen molar-refractivity contribution in [3.8, 4) is 0 Å². The molecule has 0 aromatic heterocycles. The van der Waals surface area contributed by atoms with Crippen molar-refractivity contribution in [1.29, 1.82) is 0 Å². The summed E-state index contributed by atoms with van der Waals surface area (Å²) < 4.78 is 0. The van der Waals surface area contributed by atoms with Crippen LogP contribution in [0, 0.1) is 10.1 Å². The van der Waals surface area contributed by atoms with Gasteiger partial charge in [0.2, 0.25) is 5.91 Å². The molecule has 0 unspecified atom stereocenters. The molecule has 0 spiro atoms. The molecule has 0 bridgehead atoms. The first-order valence-electron chi connectivity index (χ1n) is 9.66. The molecule has 7 nitrogen and oxygen atoms in total. The van der Waals surface area contributed by atoms with E-state index < -0.39 is 4.92 Å². The summed E-state index contributed by atoms with van der Waals surface area (Å²) in [6, 6.07) is 14.7. The van der Waals surface area contributed by atoms with Crippen molar-refractivity contribution >= 4 is 35.3 Å². The van der Waals surface area contributed by atoms with Crippen LogP contribution < -0.4 is 10.3 Å². The Kier molecular flexibility index (Phi) is 7.63. The van der Waals surface area contributed by atoms with Crippen molar-refractivity contribution in [1.82, 2.24) is 5.43 Å². The van der Waals surface area contributed by atoms with Gasteiger partial charge in [-0.2, -0.15) is 5.10 Å². The molecule has 0 radical (unpaired) electrons. The third-order valence-electron chi connectivity index (χ3n) is 4.65. The zero-order valence-corrected chi connectivity index (χ0v) is 16.9. The minimum Gasteiger partial charge on any atom is -0.371 e. The van der Waals surface area contributed by atoms with Gasteiger partial charge in [-0.25, -0.2) is 5.43 Å². The molecule has 1 saturated heterocycles. The lowest BCUT2D eigenvalue weighted by Gasteiger charge is -2.29. The zero-order chi connectivity index (χ0) is 20.5. The van der Waals surface area contributed by atoms with Crippen molar-refractivity contribution in [2.45, 2.75) is 30.6 Å². The summed E-state index contributed by atoms with van der Waals surface area (Å²) >= 11 is 1.61. The Morgan fingerprint density at radius 1 is 1.17 bits per heavy atom. The molecule has 3 rings (SSSR count). The predicted molar refractivity (Wildman–Crippen MR) is 117 cm³/mol. The Balaban J connectivity index is 1.59. The van der Waals surface area contributed by atoms with Crippen LogP contribution in [-0.2, 0) is 4.79 Å². The number of rotatable bonds is 8. The molecule has 29 heavy (non-hydrogen) atoms.